The van der Waals surface area contributed by atoms with Crippen LogP contribution >= 0.6 is 0 Å². The third-order valence-electron chi connectivity index (χ3n) is 5.09. The maximum Gasteiger partial charge on any atom is 0.282 e. The zero-order valence-corrected chi connectivity index (χ0v) is 18.1. The van der Waals surface area contributed by atoms with Crippen LogP contribution in [0, 0.1) is 0 Å². The van der Waals surface area contributed by atoms with Crippen LogP contribution < -0.4 is 5.32 Å². The molecule has 1 N–H and O–H groups in total. The van der Waals surface area contributed by atoms with E-state index in [1.165, 1.54) is 6.08 Å². The third-order valence-corrected chi connectivity index (χ3v) is 6.39. The van der Waals surface area contributed by atoms with Crippen LogP contribution in [0.5, 0.6) is 0 Å². The van der Waals surface area contributed by atoms with Gasteiger partial charge in [0, 0.05) is 16.8 Å². The van der Waals surface area contributed by atoms with E-state index in [2.05, 4.69) is 9.71 Å². The van der Waals surface area contributed by atoms with E-state index in [9.17, 15) is 13.2 Å². The first kappa shape index (κ1) is 20.8. The molecule has 0 unspecified atom stereocenters. The monoisotopic (exact) mass is 430 g/mol. The van der Waals surface area contributed by atoms with Crippen molar-refractivity contribution in [1.29, 1.82) is 0 Å². The van der Waals surface area contributed by atoms with Crippen LogP contribution in [-0.2, 0) is 10.0 Å². The molecule has 1 aliphatic rings. The van der Waals surface area contributed by atoms with Crippen LogP contribution in [0.4, 0.5) is 5.69 Å². The van der Waals surface area contributed by atoms with Gasteiger partial charge in [0.05, 0.1) is 16.3 Å². The molecule has 0 bridgehead atoms. The second-order valence-corrected chi connectivity index (χ2v) is 9.20. The number of hydrogen-bond donors (Lipinski definition) is 1. The van der Waals surface area contributed by atoms with Crippen molar-refractivity contribution >= 4 is 27.2 Å². The second-order valence-electron chi connectivity index (χ2n) is 7.60. The molecule has 0 spiro atoms. The summed E-state index contributed by atoms with van der Waals surface area (Å²) in [5, 5.41) is 3.08. The SMILES string of the molecule is CC(C)c1ccc(S(=O)(=O)/N=C2\C=C(Nc3ccccc3)C(=O)c3ccccc32)cc1. The Morgan fingerprint density at radius 1 is 0.806 bits per heavy atom. The van der Waals surface area contributed by atoms with E-state index < -0.39 is 10.0 Å². The highest BCUT2D eigenvalue weighted by Crippen LogP contribution is 2.25. The molecule has 6 heteroatoms. The van der Waals surface area contributed by atoms with E-state index in [0.717, 1.165) is 11.3 Å². The minimum Gasteiger partial charge on any atom is -0.352 e. The first-order valence-corrected chi connectivity index (χ1v) is 11.4. The van der Waals surface area contributed by atoms with E-state index >= 15 is 0 Å². The molecule has 0 aromatic heterocycles. The predicted octanol–water partition coefficient (Wildman–Crippen LogP) is 5.18. The first-order chi connectivity index (χ1) is 14.8. The average Bonchev–Trinajstić information content (AvgIpc) is 2.77. The maximum absolute atomic E-state index is 13.0. The van der Waals surface area contributed by atoms with Gasteiger partial charge in [0.1, 0.15) is 0 Å². The number of nitrogens with zero attached hydrogens (tertiary/aromatic N) is 1. The van der Waals surface area contributed by atoms with E-state index in [0.29, 0.717) is 17.0 Å². The molecular formula is C25H22N2O3S. The zero-order valence-electron chi connectivity index (χ0n) is 17.2. The molecule has 0 atom stereocenters. The quantitative estimate of drug-likeness (QED) is 0.605. The Bertz CT molecular complexity index is 1290. The molecule has 3 aromatic carbocycles. The smallest absolute Gasteiger partial charge is 0.282 e. The van der Waals surface area contributed by atoms with Crippen molar-refractivity contribution in [3.05, 3.63) is 107 Å². The van der Waals surface area contributed by atoms with Gasteiger partial charge in [0.25, 0.3) is 10.0 Å². The first-order valence-electron chi connectivity index (χ1n) is 9.98. The van der Waals surface area contributed by atoms with Gasteiger partial charge in [0.15, 0.2) is 0 Å². The Labute approximate surface area is 182 Å². The Morgan fingerprint density at radius 3 is 2.06 bits per heavy atom. The highest BCUT2D eigenvalue weighted by atomic mass is 32.2. The van der Waals surface area contributed by atoms with Crippen molar-refractivity contribution in [1.82, 2.24) is 0 Å². The second kappa shape index (κ2) is 8.32. The summed E-state index contributed by atoms with van der Waals surface area (Å²) in [6, 6.07) is 22.9. The lowest BCUT2D eigenvalue weighted by Gasteiger charge is -2.18. The number of sulfonamides is 1. The summed E-state index contributed by atoms with van der Waals surface area (Å²) in [5.41, 5.74) is 3.18. The molecule has 0 amide bonds. The number of rotatable bonds is 5. The van der Waals surface area contributed by atoms with Crippen molar-refractivity contribution < 1.29 is 13.2 Å². The van der Waals surface area contributed by atoms with E-state index in [-0.39, 0.29) is 22.1 Å². The van der Waals surface area contributed by atoms with Gasteiger partial charge in [-0.25, -0.2) is 0 Å². The Morgan fingerprint density at radius 2 is 1.42 bits per heavy atom. The third kappa shape index (κ3) is 4.34. The van der Waals surface area contributed by atoms with Gasteiger partial charge in [-0.2, -0.15) is 12.8 Å². The highest BCUT2D eigenvalue weighted by Gasteiger charge is 2.26. The fourth-order valence-corrected chi connectivity index (χ4v) is 4.38. The molecule has 0 fully saturated rings. The Balaban J connectivity index is 1.78. The van der Waals surface area contributed by atoms with E-state index in [4.69, 9.17) is 0 Å². The van der Waals surface area contributed by atoms with Gasteiger partial charge < -0.3 is 5.32 Å². The van der Waals surface area contributed by atoms with E-state index in [1.807, 2.05) is 44.2 Å². The van der Waals surface area contributed by atoms with Crippen molar-refractivity contribution in [3.63, 3.8) is 0 Å². The molecule has 4 rings (SSSR count). The van der Waals surface area contributed by atoms with Crippen LogP contribution in [0.25, 0.3) is 0 Å². The minimum atomic E-state index is -3.95. The number of benzene rings is 3. The van der Waals surface area contributed by atoms with Gasteiger partial charge in [-0.1, -0.05) is 68.4 Å². The molecule has 31 heavy (non-hydrogen) atoms. The summed E-state index contributed by atoms with van der Waals surface area (Å²) in [5.74, 6) is 0.0888. The van der Waals surface area contributed by atoms with Crippen LogP contribution in [0.2, 0.25) is 0 Å². The number of carbonyl (C=O) groups excluding carboxylic acids is 1. The lowest BCUT2D eigenvalue weighted by molar-refractivity contribution is 0.103. The standard InChI is InChI=1S/C25H22N2O3S/c1-17(2)18-12-14-20(15-13-18)31(29,30)27-23-16-24(26-19-8-4-3-5-9-19)25(28)22-11-7-6-10-21(22)23/h3-17,26H,1-2H3/b27-23+. The molecule has 0 heterocycles. The van der Waals surface area contributed by atoms with Gasteiger partial charge in [-0.3, -0.25) is 4.79 Å². The summed E-state index contributed by atoms with van der Waals surface area (Å²) in [4.78, 5) is 13.1. The summed E-state index contributed by atoms with van der Waals surface area (Å²) < 4.78 is 30.1. The topological polar surface area (TPSA) is 75.6 Å². The van der Waals surface area contributed by atoms with E-state index in [1.54, 1.807) is 48.5 Å². The van der Waals surface area contributed by atoms with Crippen LogP contribution in [0.1, 0.15) is 41.3 Å². The van der Waals surface area contributed by atoms with Gasteiger partial charge in [0.2, 0.25) is 5.78 Å². The Hall–Kier alpha value is -3.51. The fourth-order valence-electron chi connectivity index (χ4n) is 3.38. The number of Topliss-reactive ketones (excluding diaryl/α,β-unsaturated/α-hetero) is 1. The molecule has 0 saturated carbocycles. The summed E-state index contributed by atoms with van der Waals surface area (Å²) in [7, 11) is -3.95. The molecule has 1 aliphatic carbocycles. The Kier molecular flexibility index (Phi) is 5.57. The molecular weight excluding hydrogens is 408 g/mol. The summed E-state index contributed by atoms with van der Waals surface area (Å²) in [6.07, 6.45) is 1.50. The van der Waals surface area contributed by atoms with Crippen LogP contribution in [0.15, 0.2) is 99.9 Å². The van der Waals surface area contributed by atoms with Crippen LogP contribution in [0.3, 0.4) is 0 Å². The number of fused-ring (bicyclic) bond motifs is 1. The molecule has 0 radical (unpaired) electrons. The average molecular weight is 431 g/mol. The van der Waals surface area contributed by atoms with Crippen molar-refractivity contribution in [2.24, 2.45) is 4.40 Å². The number of allylic oxidation sites excluding steroid dienone is 2. The zero-order chi connectivity index (χ0) is 22.0. The van der Waals surface area contributed by atoms with Gasteiger partial charge >= 0.3 is 0 Å². The number of anilines is 1. The lowest BCUT2D eigenvalue weighted by atomic mass is 9.92. The molecule has 0 aliphatic heterocycles. The lowest BCUT2D eigenvalue weighted by Crippen LogP contribution is -2.22. The molecule has 3 aromatic rings. The number of hydrogen-bond acceptors (Lipinski definition) is 4. The maximum atomic E-state index is 13.0. The fraction of sp³-hybridized carbons (Fsp3) is 0.120. The number of ketones is 1. The molecule has 0 saturated heterocycles. The number of nitrogens with one attached hydrogen (secondary N) is 1. The molecule has 5 nitrogen and oxygen atoms in total. The normalized spacial score (nSPS) is 15.0. The number of para-hydroxylation sites is 1. The highest BCUT2D eigenvalue weighted by molar-refractivity contribution is 7.90. The molecule has 156 valence electrons. The van der Waals surface area contributed by atoms with Crippen molar-refractivity contribution in [2.75, 3.05) is 5.32 Å². The minimum absolute atomic E-state index is 0.116. The largest absolute Gasteiger partial charge is 0.352 e. The van der Waals surface area contributed by atoms with Gasteiger partial charge in [-0.05, 0) is 41.8 Å². The van der Waals surface area contributed by atoms with Crippen LogP contribution in [-0.4, -0.2) is 19.9 Å². The van der Waals surface area contributed by atoms with Gasteiger partial charge in [-0.15, -0.1) is 0 Å². The van der Waals surface area contributed by atoms with Crippen molar-refractivity contribution in [3.8, 4) is 0 Å². The summed E-state index contributed by atoms with van der Waals surface area (Å²) >= 11 is 0. The number of carbonyl (C=O) groups is 1. The summed E-state index contributed by atoms with van der Waals surface area (Å²) in [6.45, 7) is 4.09. The predicted molar refractivity (Wildman–Crippen MR) is 123 cm³/mol. The van der Waals surface area contributed by atoms with Crippen molar-refractivity contribution in [2.45, 2.75) is 24.7 Å².